The van der Waals surface area contributed by atoms with Gasteiger partial charge < -0.3 is 16.0 Å². The Morgan fingerprint density at radius 1 is 1.38 bits per heavy atom. The number of aromatic nitrogens is 3. The molecule has 0 radical (unpaired) electrons. The number of rotatable bonds is 3. The van der Waals surface area contributed by atoms with Crippen molar-refractivity contribution in [3.63, 3.8) is 0 Å². The van der Waals surface area contributed by atoms with Gasteiger partial charge in [-0.2, -0.15) is 0 Å². The van der Waals surface area contributed by atoms with Crippen molar-refractivity contribution in [2.45, 2.75) is 26.8 Å². The summed E-state index contributed by atoms with van der Waals surface area (Å²) in [6, 6.07) is 0.395. The van der Waals surface area contributed by atoms with Crippen molar-refractivity contribution < 1.29 is 9.59 Å². The Labute approximate surface area is 121 Å². The van der Waals surface area contributed by atoms with Crippen LogP contribution in [0, 0.1) is 5.41 Å². The van der Waals surface area contributed by atoms with Crippen LogP contribution in [0.3, 0.4) is 0 Å². The van der Waals surface area contributed by atoms with Gasteiger partial charge in [0, 0.05) is 6.20 Å². The zero-order chi connectivity index (χ0) is 15.6. The molecule has 0 aliphatic rings. The molecule has 2 aromatic rings. The molecular weight excluding hydrogens is 272 g/mol. The van der Waals surface area contributed by atoms with E-state index < -0.39 is 23.4 Å². The van der Waals surface area contributed by atoms with E-state index in [4.69, 9.17) is 5.73 Å². The third-order valence-corrected chi connectivity index (χ3v) is 2.93. The molecule has 0 aliphatic carbocycles. The molecule has 8 nitrogen and oxygen atoms in total. The molecule has 0 aromatic carbocycles. The molecule has 2 aromatic heterocycles. The highest BCUT2D eigenvalue weighted by molar-refractivity contribution is 5.93. The van der Waals surface area contributed by atoms with Crippen LogP contribution in [0.1, 0.15) is 20.8 Å². The van der Waals surface area contributed by atoms with Crippen LogP contribution in [-0.4, -0.2) is 32.9 Å². The summed E-state index contributed by atoms with van der Waals surface area (Å²) in [4.78, 5) is 34.6. The van der Waals surface area contributed by atoms with E-state index in [0.29, 0.717) is 11.2 Å². The van der Waals surface area contributed by atoms with Gasteiger partial charge in [-0.15, -0.1) is 0 Å². The van der Waals surface area contributed by atoms with Crippen LogP contribution < -0.4 is 16.4 Å². The summed E-state index contributed by atoms with van der Waals surface area (Å²) >= 11 is 0. The number of nitrogens with zero attached hydrogens (tertiary/aromatic N) is 2. The number of urea groups is 1. The first-order valence-electron chi connectivity index (χ1n) is 6.44. The number of fused-ring (bicyclic) bond motifs is 1. The fourth-order valence-corrected chi connectivity index (χ4v) is 1.89. The molecule has 2 heterocycles. The van der Waals surface area contributed by atoms with Gasteiger partial charge >= 0.3 is 6.03 Å². The van der Waals surface area contributed by atoms with Crippen LogP contribution in [0.25, 0.3) is 11.2 Å². The Hall–Kier alpha value is -2.64. The third kappa shape index (κ3) is 3.47. The summed E-state index contributed by atoms with van der Waals surface area (Å²) in [5.41, 5.74) is 6.09. The van der Waals surface area contributed by atoms with Crippen molar-refractivity contribution in [2.75, 3.05) is 5.32 Å². The van der Waals surface area contributed by atoms with Crippen molar-refractivity contribution in [1.82, 2.24) is 20.3 Å². The van der Waals surface area contributed by atoms with Gasteiger partial charge in [-0.05, 0) is 11.5 Å². The monoisotopic (exact) mass is 290 g/mol. The highest BCUT2D eigenvalue weighted by Gasteiger charge is 2.31. The maximum Gasteiger partial charge on any atom is 0.321 e. The van der Waals surface area contributed by atoms with Crippen LogP contribution in [0.2, 0.25) is 0 Å². The second kappa shape index (κ2) is 5.39. The second-order valence-electron chi connectivity index (χ2n) is 5.77. The van der Waals surface area contributed by atoms with Crippen molar-refractivity contribution in [3.8, 4) is 0 Å². The van der Waals surface area contributed by atoms with Crippen molar-refractivity contribution in [1.29, 1.82) is 0 Å². The molecule has 0 spiro atoms. The first kappa shape index (κ1) is 14.8. The summed E-state index contributed by atoms with van der Waals surface area (Å²) in [5.74, 6) is -0.304. The quantitative estimate of drug-likeness (QED) is 0.672. The fourth-order valence-electron chi connectivity index (χ4n) is 1.89. The Morgan fingerprint density at radius 2 is 2.10 bits per heavy atom. The van der Waals surface area contributed by atoms with Gasteiger partial charge in [0.15, 0.2) is 11.5 Å². The molecule has 21 heavy (non-hydrogen) atoms. The number of anilines is 1. The number of aromatic amines is 1. The number of carbonyl (C=O) groups excluding carboxylic acids is 2. The molecular formula is C13H18N6O2. The lowest BCUT2D eigenvalue weighted by Crippen LogP contribution is -2.53. The van der Waals surface area contributed by atoms with Gasteiger partial charge in [-0.25, -0.2) is 14.8 Å². The van der Waals surface area contributed by atoms with Crippen LogP contribution in [0.15, 0.2) is 18.5 Å². The number of nitrogens with one attached hydrogen (secondary N) is 3. The van der Waals surface area contributed by atoms with Gasteiger partial charge in [0.25, 0.3) is 0 Å². The van der Waals surface area contributed by atoms with Crippen LogP contribution in [0.5, 0.6) is 0 Å². The number of primary amides is 1. The summed E-state index contributed by atoms with van der Waals surface area (Å²) in [6.07, 6.45) is 3.13. The zero-order valence-corrected chi connectivity index (χ0v) is 12.1. The van der Waals surface area contributed by atoms with Gasteiger partial charge in [-0.1, -0.05) is 20.8 Å². The SMILES string of the molecule is CC(C)(C)C(NC(=O)Nc1cnc2[nH]ccc2n1)C(N)=O. The molecule has 3 amide bonds. The lowest BCUT2D eigenvalue weighted by molar-refractivity contribution is -0.122. The normalized spacial score (nSPS) is 12.9. The molecule has 1 unspecified atom stereocenters. The van der Waals surface area contributed by atoms with Crippen LogP contribution in [0.4, 0.5) is 10.6 Å². The summed E-state index contributed by atoms with van der Waals surface area (Å²) in [5, 5.41) is 5.08. The molecule has 0 saturated heterocycles. The highest BCUT2D eigenvalue weighted by Crippen LogP contribution is 2.19. The zero-order valence-electron chi connectivity index (χ0n) is 12.1. The van der Waals surface area contributed by atoms with Crippen LogP contribution in [-0.2, 0) is 4.79 Å². The fraction of sp³-hybridized carbons (Fsp3) is 0.385. The number of H-pyrrole nitrogens is 1. The smallest absolute Gasteiger partial charge is 0.321 e. The molecule has 112 valence electrons. The lowest BCUT2D eigenvalue weighted by atomic mass is 9.86. The average molecular weight is 290 g/mol. The molecule has 0 aliphatic heterocycles. The van der Waals surface area contributed by atoms with Crippen LogP contribution >= 0.6 is 0 Å². The van der Waals surface area contributed by atoms with Gasteiger partial charge in [-0.3, -0.25) is 10.1 Å². The minimum Gasteiger partial charge on any atom is -0.368 e. The van der Waals surface area contributed by atoms with E-state index in [9.17, 15) is 9.59 Å². The lowest BCUT2D eigenvalue weighted by Gasteiger charge is -2.28. The van der Waals surface area contributed by atoms with Crippen molar-refractivity contribution in [3.05, 3.63) is 18.5 Å². The largest absolute Gasteiger partial charge is 0.368 e. The Kier molecular flexibility index (Phi) is 3.79. The number of carbonyl (C=O) groups is 2. The van der Waals surface area contributed by atoms with E-state index in [1.54, 1.807) is 12.3 Å². The summed E-state index contributed by atoms with van der Waals surface area (Å²) in [7, 11) is 0. The van der Waals surface area contributed by atoms with Gasteiger partial charge in [0.05, 0.1) is 6.20 Å². The number of hydrogen-bond acceptors (Lipinski definition) is 4. The highest BCUT2D eigenvalue weighted by atomic mass is 16.2. The van der Waals surface area contributed by atoms with Crippen molar-refractivity contribution >= 4 is 28.9 Å². The number of nitrogens with two attached hydrogens (primary N) is 1. The first-order valence-corrected chi connectivity index (χ1v) is 6.44. The predicted octanol–water partition coefficient (Wildman–Crippen LogP) is 0.979. The van der Waals surface area contributed by atoms with E-state index >= 15 is 0 Å². The molecule has 0 fully saturated rings. The van der Waals surface area contributed by atoms with Crippen molar-refractivity contribution in [2.24, 2.45) is 11.1 Å². The molecule has 1 atom stereocenters. The van der Waals surface area contributed by atoms with Gasteiger partial charge in [0.1, 0.15) is 11.6 Å². The van der Waals surface area contributed by atoms with E-state index in [1.165, 1.54) is 6.20 Å². The molecule has 0 saturated carbocycles. The minimum absolute atomic E-state index is 0.289. The van der Waals surface area contributed by atoms with E-state index in [1.807, 2.05) is 20.8 Å². The predicted molar refractivity (Wildman–Crippen MR) is 78.5 cm³/mol. The van der Waals surface area contributed by atoms with Gasteiger partial charge in [0.2, 0.25) is 5.91 Å². The third-order valence-electron chi connectivity index (χ3n) is 2.93. The van der Waals surface area contributed by atoms with E-state index in [2.05, 4.69) is 25.6 Å². The second-order valence-corrected chi connectivity index (χ2v) is 5.77. The number of hydrogen-bond donors (Lipinski definition) is 4. The molecule has 0 bridgehead atoms. The standard InChI is InChI=1S/C13H18N6O2/c1-13(2,3)9(10(14)20)19-12(21)18-8-6-16-11-7(17-8)4-5-15-11/h4-6,9H,1-3H3,(H2,14,20)(H,15,16)(H2,17,18,19,21). The maximum absolute atomic E-state index is 11.9. The molecule has 5 N–H and O–H groups in total. The Balaban J connectivity index is 2.08. The Bertz CT molecular complexity index is 673. The topological polar surface area (TPSA) is 126 Å². The summed E-state index contributed by atoms with van der Waals surface area (Å²) in [6.45, 7) is 5.44. The van der Waals surface area contributed by atoms with E-state index in [0.717, 1.165) is 0 Å². The average Bonchev–Trinajstić information content (AvgIpc) is 2.81. The molecule has 2 rings (SSSR count). The Morgan fingerprint density at radius 3 is 2.71 bits per heavy atom. The summed E-state index contributed by atoms with van der Waals surface area (Å²) < 4.78 is 0. The van der Waals surface area contributed by atoms with E-state index in [-0.39, 0.29) is 5.82 Å². The molecule has 8 heteroatoms. The maximum atomic E-state index is 11.9. The number of amides is 3. The first-order chi connectivity index (χ1) is 9.77. The minimum atomic E-state index is -0.790.